The molecular weight excluding hydrogens is 404 g/mol. The Labute approximate surface area is 206 Å². The van der Waals surface area contributed by atoms with E-state index in [1.54, 1.807) is 0 Å². The molecule has 0 atom stereocenters. The SMILES string of the molecule is CC(=O)O[BH-](OC(C)=O)OC(C)=O.CC(=O)O[BH-](OC(C)=O)OC(C)=O.[Na+].[Na+]. The van der Waals surface area contributed by atoms with Crippen LogP contribution in [-0.2, 0) is 56.7 Å². The van der Waals surface area contributed by atoms with Crippen LogP contribution in [0.25, 0.3) is 0 Å². The fraction of sp³-hybridized carbons (Fsp3) is 0.500. The molecule has 0 aliphatic heterocycles. The van der Waals surface area contributed by atoms with E-state index in [4.69, 9.17) is 0 Å². The molecule has 0 aliphatic rings. The topological polar surface area (TPSA) is 158 Å². The standard InChI is InChI=1S/2C6H10BO6.2Na/c2*1-4(8)11-7(12-5(2)9)13-6(3)10;;/h2*7H,1-3H3;;/q2*-1;2*+1. The van der Waals surface area contributed by atoms with Crippen molar-refractivity contribution in [1.82, 2.24) is 0 Å². The summed E-state index contributed by atoms with van der Waals surface area (Å²) in [5, 5.41) is 0. The third kappa shape index (κ3) is 27.2. The Hall–Kier alpha value is -1.05. The number of hydrogen-bond donors (Lipinski definition) is 0. The van der Waals surface area contributed by atoms with E-state index in [-0.39, 0.29) is 59.1 Å². The number of carbonyl (C=O) groups is 6. The van der Waals surface area contributed by atoms with Crippen molar-refractivity contribution in [3.8, 4) is 0 Å². The monoisotopic (exact) mass is 424 g/mol. The van der Waals surface area contributed by atoms with Gasteiger partial charge in [-0.1, -0.05) is 0 Å². The molecule has 0 saturated carbocycles. The second kappa shape index (κ2) is 19.3. The zero-order valence-electron chi connectivity index (χ0n) is 17.3. The molecule has 0 N–H and O–H groups in total. The minimum Gasteiger partial charge on any atom is -0.625 e. The summed E-state index contributed by atoms with van der Waals surface area (Å²) in [5.74, 6) is -4.07. The van der Waals surface area contributed by atoms with E-state index in [1.807, 2.05) is 0 Å². The Balaban J connectivity index is -0.000000192. The molecule has 28 heavy (non-hydrogen) atoms. The minimum atomic E-state index is -2.41. The van der Waals surface area contributed by atoms with Crippen LogP contribution in [0, 0.1) is 0 Å². The van der Waals surface area contributed by atoms with Gasteiger partial charge in [-0.05, 0) is 0 Å². The molecule has 0 aromatic carbocycles. The third-order valence-electron chi connectivity index (χ3n) is 1.93. The summed E-state index contributed by atoms with van der Waals surface area (Å²) >= 11 is 0. The quantitative estimate of drug-likeness (QED) is 0.372. The molecule has 0 saturated heterocycles. The van der Waals surface area contributed by atoms with E-state index < -0.39 is 50.5 Å². The van der Waals surface area contributed by atoms with Gasteiger partial charge in [0.05, 0.1) is 0 Å². The van der Waals surface area contributed by atoms with Crippen molar-refractivity contribution in [2.45, 2.75) is 41.5 Å². The summed E-state index contributed by atoms with van der Waals surface area (Å²) in [5.41, 5.74) is 0. The van der Waals surface area contributed by atoms with Crippen molar-refractivity contribution in [1.29, 1.82) is 0 Å². The molecule has 0 heterocycles. The van der Waals surface area contributed by atoms with Gasteiger partial charge in [-0.15, -0.1) is 0 Å². The molecule has 0 aromatic heterocycles. The minimum absolute atomic E-state index is 0. The molecule has 0 radical (unpaired) electrons. The molecule has 0 spiro atoms. The van der Waals surface area contributed by atoms with Gasteiger partial charge in [-0.2, -0.15) is 0 Å². The van der Waals surface area contributed by atoms with Crippen LogP contribution in [-0.4, -0.2) is 50.5 Å². The van der Waals surface area contributed by atoms with Crippen molar-refractivity contribution < 1.29 is 116 Å². The molecule has 0 rings (SSSR count). The fourth-order valence-electron chi connectivity index (χ4n) is 1.17. The van der Waals surface area contributed by atoms with E-state index >= 15 is 0 Å². The summed E-state index contributed by atoms with van der Waals surface area (Å²) in [6.45, 7) is 6.71. The number of carbonyl (C=O) groups excluding carboxylic acids is 6. The van der Waals surface area contributed by atoms with Gasteiger partial charge < -0.3 is 27.9 Å². The molecule has 0 unspecified atom stereocenters. The van der Waals surface area contributed by atoms with Gasteiger partial charge in [0.1, 0.15) is 0 Å². The van der Waals surface area contributed by atoms with Crippen LogP contribution >= 0.6 is 0 Å². The van der Waals surface area contributed by atoms with Gasteiger partial charge in [0.15, 0.2) is 0 Å². The predicted molar refractivity (Wildman–Crippen MR) is 84.9 cm³/mol. The molecule has 0 fully saturated rings. The van der Waals surface area contributed by atoms with Crippen molar-refractivity contribution in [2.75, 3.05) is 0 Å². The number of hydrogen-bond acceptors (Lipinski definition) is 12. The van der Waals surface area contributed by atoms with Crippen molar-refractivity contribution in [3.63, 3.8) is 0 Å². The van der Waals surface area contributed by atoms with Crippen LogP contribution in [0.3, 0.4) is 0 Å². The van der Waals surface area contributed by atoms with Crippen LogP contribution in [0.4, 0.5) is 0 Å². The van der Waals surface area contributed by atoms with E-state index in [0.29, 0.717) is 0 Å². The van der Waals surface area contributed by atoms with Crippen LogP contribution in [0.5, 0.6) is 0 Å². The normalized spacial score (nSPS) is 8.57. The zero-order valence-corrected chi connectivity index (χ0v) is 21.3. The second-order valence-electron chi connectivity index (χ2n) is 4.52. The largest absolute Gasteiger partial charge is 1.00 e. The van der Waals surface area contributed by atoms with Gasteiger partial charge in [-0.25, -0.2) is 0 Å². The summed E-state index contributed by atoms with van der Waals surface area (Å²) in [7, 11) is -4.82. The summed E-state index contributed by atoms with van der Waals surface area (Å²) < 4.78 is 26.6. The maximum atomic E-state index is 10.4. The predicted octanol–water partition coefficient (Wildman–Crippen LogP) is -7.21. The van der Waals surface area contributed by atoms with Gasteiger partial charge >= 0.3 is 73.8 Å². The first-order valence-electron chi connectivity index (χ1n) is 7.18. The maximum absolute atomic E-state index is 10.4. The molecule has 0 bridgehead atoms. The Bertz CT molecular complexity index is 433. The van der Waals surface area contributed by atoms with Crippen LogP contribution in [0.15, 0.2) is 0 Å². The van der Waals surface area contributed by atoms with Crippen molar-refractivity contribution in [3.05, 3.63) is 0 Å². The Morgan fingerprint density at radius 3 is 0.571 bits per heavy atom. The van der Waals surface area contributed by atoms with E-state index in [9.17, 15) is 28.8 Å². The first-order valence-corrected chi connectivity index (χ1v) is 7.18. The smallest absolute Gasteiger partial charge is 0.625 e. The van der Waals surface area contributed by atoms with Crippen molar-refractivity contribution in [2.24, 2.45) is 0 Å². The van der Waals surface area contributed by atoms with E-state index in [2.05, 4.69) is 27.9 Å². The summed E-state index contributed by atoms with van der Waals surface area (Å²) in [6, 6.07) is 0. The van der Waals surface area contributed by atoms with Gasteiger partial charge in [0.25, 0.3) is 35.8 Å². The molecule has 16 heteroatoms. The number of rotatable bonds is 6. The summed E-state index contributed by atoms with van der Waals surface area (Å²) in [6.07, 6.45) is 0. The Morgan fingerprint density at radius 2 is 0.500 bits per heavy atom. The fourth-order valence-corrected chi connectivity index (χ4v) is 1.17. The molecule has 12 nitrogen and oxygen atoms in total. The molecular formula is C12H20B2Na2O12. The zero-order chi connectivity index (χ0) is 20.9. The maximum Gasteiger partial charge on any atom is 1.00 e. The average Bonchev–Trinajstić information content (AvgIpc) is 2.33. The molecule has 0 aliphatic carbocycles. The van der Waals surface area contributed by atoms with Crippen molar-refractivity contribution >= 4 is 50.5 Å². The van der Waals surface area contributed by atoms with Gasteiger partial charge in [0.2, 0.25) is 0 Å². The molecule has 0 amide bonds. The first-order chi connectivity index (χ1) is 11.8. The van der Waals surface area contributed by atoms with Gasteiger partial charge in [0, 0.05) is 41.5 Å². The first kappa shape index (κ1) is 34.5. The van der Waals surface area contributed by atoms with Crippen LogP contribution in [0.1, 0.15) is 41.5 Å². The molecule has 148 valence electrons. The van der Waals surface area contributed by atoms with Gasteiger partial charge in [-0.3, -0.25) is 28.8 Å². The van der Waals surface area contributed by atoms with Crippen LogP contribution < -0.4 is 59.1 Å². The second-order valence-corrected chi connectivity index (χ2v) is 4.52. The van der Waals surface area contributed by atoms with Crippen LogP contribution in [0.2, 0.25) is 0 Å². The van der Waals surface area contributed by atoms with E-state index in [1.165, 1.54) is 0 Å². The molecule has 0 aromatic rings. The average molecular weight is 424 g/mol. The Morgan fingerprint density at radius 1 is 0.393 bits per heavy atom. The third-order valence-corrected chi connectivity index (χ3v) is 1.93. The van der Waals surface area contributed by atoms with E-state index in [0.717, 1.165) is 41.5 Å². The Kier molecular flexibility index (Phi) is 23.7. The summed E-state index contributed by atoms with van der Waals surface area (Å²) in [4.78, 5) is 62.6.